The van der Waals surface area contributed by atoms with Crippen molar-refractivity contribution in [2.24, 2.45) is 0 Å². The van der Waals surface area contributed by atoms with E-state index < -0.39 is 5.66 Å². The molecule has 0 amide bonds. The fourth-order valence-corrected chi connectivity index (χ4v) is 2.36. The predicted molar refractivity (Wildman–Crippen MR) is 65.4 cm³/mol. The third-order valence-electron chi connectivity index (χ3n) is 3.47. The van der Waals surface area contributed by atoms with E-state index in [9.17, 15) is 15.3 Å². The SMILES string of the molecule is CCCCNC1(CO)C(CO)NCCN1CO. The average Bonchev–Trinajstić information content (AvgIpc) is 2.38. The van der Waals surface area contributed by atoms with Gasteiger partial charge in [0.05, 0.1) is 26.0 Å². The van der Waals surface area contributed by atoms with Gasteiger partial charge in [-0.3, -0.25) is 10.2 Å². The second kappa shape index (κ2) is 7.25. The molecular weight excluding hydrogens is 222 g/mol. The van der Waals surface area contributed by atoms with Crippen LogP contribution in [0.25, 0.3) is 0 Å². The van der Waals surface area contributed by atoms with Crippen LogP contribution >= 0.6 is 0 Å². The van der Waals surface area contributed by atoms with Crippen molar-refractivity contribution < 1.29 is 15.3 Å². The molecule has 1 saturated heterocycles. The normalized spacial score (nSPS) is 30.7. The third kappa shape index (κ3) is 3.15. The van der Waals surface area contributed by atoms with Crippen LogP contribution in [0.1, 0.15) is 19.8 Å². The number of piperazine rings is 1. The molecule has 102 valence electrons. The maximum Gasteiger partial charge on any atom is 0.115 e. The summed E-state index contributed by atoms with van der Waals surface area (Å²) >= 11 is 0. The lowest BCUT2D eigenvalue weighted by atomic mass is 9.96. The van der Waals surface area contributed by atoms with E-state index in [1.165, 1.54) is 0 Å². The molecule has 0 spiro atoms. The summed E-state index contributed by atoms with van der Waals surface area (Å²) in [5, 5.41) is 34.9. The first-order valence-corrected chi connectivity index (χ1v) is 6.31. The second-order valence-electron chi connectivity index (χ2n) is 4.46. The molecule has 1 fully saturated rings. The van der Waals surface area contributed by atoms with Crippen molar-refractivity contribution in [3.63, 3.8) is 0 Å². The minimum absolute atomic E-state index is 0.0732. The molecule has 6 heteroatoms. The third-order valence-corrected chi connectivity index (χ3v) is 3.47. The lowest BCUT2D eigenvalue weighted by molar-refractivity contribution is -0.0954. The maximum atomic E-state index is 9.68. The molecule has 1 aliphatic heterocycles. The average molecular weight is 247 g/mol. The van der Waals surface area contributed by atoms with E-state index in [-0.39, 0.29) is 26.0 Å². The Kier molecular flexibility index (Phi) is 6.32. The van der Waals surface area contributed by atoms with Crippen LogP contribution in [0, 0.1) is 0 Å². The molecular formula is C11H25N3O3. The molecule has 0 radical (unpaired) electrons. The van der Waals surface area contributed by atoms with Gasteiger partial charge in [0.1, 0.15) is 5.66 Å². The van der Waals surface area contributed by atoms with Crippen molar-refractivity contribution in [2.45, 2.75) is 31.5 Å². The number of nitrogens with zero attached hydrogens (tertiary/aromatic N) is 1. The number of nitrogens with one attached hydrogen (secondary N) is 2. The van der Waals surface area contributed by atoms with E-state index in [4.69, 9.17) is 0 Å². The molecule has 6 nitrogen and oxygen atoms in total. The van der Waals surface area contributed by atoms with Crippen molar-refractivity contribution in [1.29, 1.82) is 0 Å². The Morgan fingerprint density at radius 2 is 2.18 bits per heavy atom. The van der Waals surface area contributed by atoms with Gasteiger partial charge in [-0.05, 0) is 13.0 Å². The van der Waals surface area contributed by atoms with Gasteiger partial charge < -0.3 is 20.6 Å². The Bertz CT molecular complexity index is 204. The number of aliphatic hydroxyl groups excluding tert-OH is 3. The number of aliphatic hydroxyl groups is 3. The summed E-state index contributed by atoms with van der Waals surface area (Å²) < 4.78 is 0. The smallest absolute Gasteiger partial charge is 0.115 e. The van der Waals surface area contributed by atoms with Crippen LogP contribution in [-0.2, 0) is 0 Å². The first kappa shape index (κ1) is 14.8. The van der Waals surface area contributed by atoms with E-state index in [1.807, 2.05) is 0 Å². The van der Waals surface area contributed by atoms with Crippen molar-refractivity contribution in [1.82, 2.24) is 15.5 Å². The summed E-state index contributed by atoms with van der Waals surface area (Å²) in [6, 6.07) is -0.273. The summed E-state index contributed by atoms with van der Waals surface area (Å²) in [6.45, 7) is 3.85. The highest BCUT2D eigenvalue weighted by molar-refractivity contribution is 5.00. The molecule has 0 saturated carbocycles. The van der Waals surface area contributed by atoms with Gasteiger partial charge in [-0.25, -0.2) is 0 Å². The minimum Gasteiger partial charge on any atom is -0.395 e. The molecule has 0 aromatic heterocycles. The van der Waals surface area contributed by atoms with Gasteiger partial charge in [-0.15, -0.1) is 0 Å². The predicted octanol–water partition coefficient (Wildman–Crippen LogP) is -1.72. The van der Waals surface area contributed by atoms with Crippen LogP contribution in [0.15, 0.2) is 0 Å². The highest BCUT2D eigenvalue weighted by atomic mass is 16.3. The van der Waals surface area contributed by atoms with Crippen LogP contribution in [-0.4, -0.2) is 71.5 Å². The van der Waals surface area contributed by atoms with Crippen molar-refractivity contribution in [3.8, 4) is 0 Å². The van der Waals surface area contributed by atoms with Crippen molar-refractivity contribution in [2.75, 3.05) is 39.6 Å². The van der Waals surface area contributed by atoms with Gasteiger partial charge in [0.2, 0.25) is 0 Å². The van der Waals surface area contributed by atoms with Gasteiger partial charge in [0.25, 0.3) is 0 Å². The zero-order valence-corrected chi connectivity index (χ0v) is 10.5. The van der Waals surface area contributed by atoms with E-state index in [1.54, 1.807) is 4.90 Å². The molecule has 1 rings (SSSR count). The van der Waals surface area contributed by atoms with Gasteiger partial charge in [-0.2, -0.15) is 0 Å². The molecule has 0 bridgehead atoms. The zero-order chi connectivity index (χ0) is 12.7. The van der Waals surface area contributed by atoms with Crippen LogP contribution in [0.5, 0.6) is 0 Å². The fourth-order valence-electron chi connectivity index (χ4n) is 2.36. The maximum absolute atomic E-state index is 9.68. The lowest BCUT2D eigenvalue weighted by Crippen LogP contribution is -2.76. The quantitative estimate of drug-likeness (QED) is 0.344. The first-order chi connectivity index (χ1) is 8.25. The van der Waals surface area contributed by atoms with E-state index in [0.29, 0.717) is 13.1 Å². The Morgan fingerprint density at radius 1 is 1.41 bits per heavy atom. The van der Waals surface area contributed by atoms with Crippen LogP contribution in [0.3, 0.4) is 0 Å². The highest BCUT2D eigenvalue weighted by Gasteiger charge is 2.45. The van der Waals surface area contributed by atoms with E-state index in [2.05, 4.69) is 17.6 Å². The van der Waals surface area contributed by atoms with Gasteiger partial charge >= 0.3 is 0 Å². The topological polar surface area (TPSA) is 88.0 Å². The van der Waals surface area contributed by atoms with Crippen molar-refractivity contribution in [3.05, 3.63) is 0 Å². The minimum atomic E-state index is -0.767. The van der Waals surface area contributed by atoms with Crippen molar-refractivity contribution >= 4 is 0 Å². The number of hydrogen-bond acceptors (Lipinski definition) is 6. The number of hydrogen-bond donors (Lipinski definition) is 5. The molecule has 0 aliphatic carbocycles. The molecule has 1 aliphatic rings. The van der Waals surface area contributed by atoms with Crippen LogP contribution in [0.2, 0.25) is 0 Å². The monoisotopic (exact) mass is 247 g/mol. The molecule has 2 atom stereocenters. The summed E-state index contributed by atoms with van der Waals surface area (Å²) in [5.74, 6) is 0. The van der Waals surface area contributed by atoms with Crippen LogP contribution in [0.4, 0.5) is 0 Å². The summed E-state index contributed by atoms with van der Waals surface area (Å²) in [6.07, 6.45) is 2.06. The number of unbranched alkanes of at least 4 members (excludes halogenated alkanes) is 1. The van der Waals surface area contributed by atoms with Crippen LogP contribution < -0.4 is 10.6 Å². The molecule has 1 heterocycles. The van der Waals surface area contributed by atoms with Gasteiger partial charge in [0, 0.05) is 13.1 Å². The Hall–Kier alpha value is -0.240. The summed E-state index contributed by atoms with van der Waals surface area (Å²) in [7, 11) is 0. The molecule has 5 N–H and O–H groups in total. The van der Waals surface area contributed by atoms with Gasteiger partial charge in [0.15, 0.2) is 0 Å². The Balaban J connectivity index is 2.76. The fraction of sp³-hybridized carbons (Fsp3) is 1.00. The number of rotatable bonds is 7. The molecule has 2 unspecified atom stereocenters. The van der Waals surface area contributed by atoms with E-state index >= 15 is 0 Å². The Morgan fingerprint density at radius 3 is 2.71 bits per heavy atom. The zero-order valence-electron chi connectivity index (χ0n) is 10.5. The molecule has 0 aromatic rings. The standard InChI is InChI=1S/C11H25N3O3/c1-2-3-4-13-11(8-16)10(7-15)12-5-6-14(11)9-17/h10,12-13,15-17H,2-9H2,1H3. The lowest BCUT2D eigenvalue weighted by Gasteiger charge is -2.50. The summed E-state index contributed by atoms with van der Waals surface area (Å²) in [5.41, 5.74) is -0.767. The highest BCUT2D eigenvalue weighted by Crippen LogP contribution is 2.19. The first-order valence-electron chi connectivity index (χ1n) is 6.31. The van der Waals surface area contributed by atoms with E-state index in [0.717, 1.165) is 19.4 Å². The summed E-state index contributed by atoms with van der Waals surface area (Å²) in [4.78, 5) is 1.78. The Labute approximate surface area is 103 Å². The molecule has 17 heavy (non-hydrogen) atoms. The molecule has 0 aromatic carbocycles. The second-order valence-corrected chi connectivity index (χ2v) is 4.46. The largest absolute Gasteiger partial charge is 0.395 e. The van der Waals surface area contributed by atoms with Gasteiger partial charge in [-0.1, -0.05) is 13.3 Å².